The molecule has 1 aliphatic rings. The van der Waals surface area contributed by atoms with Gasteiger partial charge in [-0.3, -0.25) is 4.79 Å². The number of cyclic esters (lactones) is 1. The van der Waals surface area contributed by atoms with E-state index >= 15 is 0 Å². The van der Waals surface area contributed by atoms with E-state index in [1.807, 2.05) is 32.9 Å². The standard InChI is InChI=1S/C24H28O7/c1-13(2)9-19(30-15(4)25)17-7-8-18-21(23(17)28-6)24(26)29-12-16-10-14(3)11-20(27-5)22(16)31-18/h7-8,10-11,13,19H,9,12H2,1-6H3. The van der Waals surface area contributed by atoms with Crippen LogP contribution in [0, 0.1) is 12.8 Å². The van der Waals surface area contributed by atoms with Gasteiger partial charge in [-0.2, -0.15) is 0 Å². The first-order chi connectivity index (χ1) is 14.7. The van der Waals surface area contributed by atoms with Gasteiger partial charge >= 0.3 is 11.9 Å². The molecule has 2 aromatic carbocycles. The number of esters is 2. The van der Waals surface area contributed by atoms with E-state index < -0.39 is 18.0 Å². The van der Waals surface area contributed by atoms with Crippen molar-refractivity contribution in [2.24, 2.45) is 5.92 Å². The Morgan fingerprint density at radius 2 is 1.90 bits per heavy atom. The van der Waals surface area contributed by atoms with Crippen molar-refractivity contribution >= 4 is 11.9 Å². The Balaban J connectivity index is 2.16. The Hall–Kier alpha value is -3.22. The number of rotatable bonds is 6. The van der Waals surface area contributed by atoms with Crippen LogP contribution in [-0.2, 0) is 20.9 Å². The Morgan fingerprint density at radius 3 is 2.52 bits per heavy atom. The fourth-order valence-electron chi connectivity index (χ4n) is 3.71. The zero-order chi connectivity index (χ0) is 22.7. The molecule has 0 saturated carbocycles. The van der Waals surface area contributed by atoms with Crippen molar-refractivity contribution in [1.82, 2.24) is 0 Å². The van der Waals surface area contributed by atoms with E-state index in [0.29, 0.717) is 29.0 Å². The largest absolute Gasteiger partial charge is 0.495 e. The molecule has 1 heterocycles. The summed E-state index contributed by atoms with van der Waals surface area (Å²) in [6, 6.07) is 7.16. The highest BCUT2D eigenvalue weighted by Crippen LogP contribution is 2.45. The van der Waals surface area contributed by atoms with Crippen LogP contribution in [0.5, 0.6) is 23.0 Å². The second-order valence-electron chi connectivity index (χ2n) is 7.92. The lowest BCUT2D eigenvalue weighted by Gasteiger charge is -2.25. The van der Waals surface area contributed by atoms with Gasteiger partial charge < -0.3 is 23.7 Å². The van der Waals surface area contributed by atoms with Crippen LogP contribution in [0.1, 0.15) is 60.3 Å². The topological polar surface area (TPSA) is 80.3 Å². The average Bonchev–Trinajstić information content (AvgIpc) is 2.70. The van der Waals surface area contributed by atoms with Gasteiger partial charge in [0.05, 0.1) is 14.2 Å². The maximum Gasteiger partial charge on any atom is 0.346 e. The molecule has 0 aliphatic carbocycles. The molecule has 31 heavy (non-hydrogen) atoms. The lowest BCUT2D eigenvalue weighted by Crippen LogP contribution is -2.17. The van der Waals surface area contributed by atoms with Crippen molar-refractivity contribution in [1.29, 1.82) is 0 Å². The zero-order valence-electron chi connectivity index (χ0n) is 18.7. The van der Waals surface area contributed by atoms with Gasteiger partial charge in [0.15, 0.2) is 11.5 Å². The molecule has 0 radical (unpaired) electrons. The Kier molecular flexibility index (Phi) is 6.73. The Labute approximate surface area is 182 Å². The number of benzene rings is 2. The Morgan fingerprint density at radius 1 is 1.16 bits per heavy atom. The molecule has 166 valence electrons. The van der Waals surface area contributed by atoms with Gasteiger partial charge in [0.1, 0.15) is 29.8 Å². The van der Waals surface area contributed by atoms with Crippen molar-refractivity contribution in [2.45, 2.75) is 46.8 Å². The summed E-state index contributed by atoms with van der Waals surface area (Å²) in [4.78, 5) is 24.7. The van der Waals surface area contributed by atoms with Gasteiger partial charge in [0, 0.05) is 18.1 Å². The molecule has 0 aromatic heterocycles. The summed E-state index contributed by atoms with van der Waals surface area (Å²) in [6.07, 6.45) is 0.000988. The highest BCUT2D eigenvalue weighted by molar-refractivity contribution is 5.96. The lowest BCUT2D eigenvalue weighted by atomic mass is 9.96. The first-order valence-corrected chi connectivity index (χ1v) is 10.2. The minimum Gasteiger partial charge on any atom is -0.495 e. The molecule has 1 unspecified atom stereocenters. The number of aryl methyl sites for hydroxylation is 1. The van der Waals surface area contributed by atoms with Gasteiger partial charge in [-0.05, 0) is 49.1 Å². The number of methoxy groups -OCH3 is 2. The predicted octanol–water partition coefficient (Wildman–Crippen LogP) is 5.13. The van der Waals surface area contributed by atoms with Crippen molar-refractivity contribution in [3.63, 3.8) is 0 Å². The second kappa shape index (κ2) is 9.29. The molecule has 0 saturated heterocycles. The molecule has 3 rings (SSSR count). The number of fused-ring (bicyclic) bond motifs is 2. The van der Waals surface area contributed by atoms with Crippen LogP contribution < -0.4 is 14.2 Å². The van der Waals surface area contributed by atoms with E-state index in [0.717, 1.165) is 5.56 Å². The van der Waals surface area contributed by atoms with Crippen molar-refractivity contribution < 1.29 is 33.3 Å². The van der Waals surface area contributed by atoms with Crippen LogP contribution >= 0.6 is 0 Å². The molecule has 0 amide bonds. The van der Waals surface area contributed by atoms with Gasteiger partial charge in [0.2, 0.25) is 0 Å². The molecular formula is C24H28O7. The number of ether oxygens (including phenoxy) is 5. The third-order valence-electron chi connectivity index (χ3n) is 4.97. The fourth-order valence-corrected chi connectivity index (χ4v) is 3.71. The molecule has 2 aromatic rings. The summed E-state index contributed by atoms with van der Waals surface area (Å²) in [5.41, 5.74) is 2.40. The molecule has 7 heteroatoms. The smallest absolute Gasteiger partial charge is 0.346 e. The van der Waals surface area contributed by atoms with Gasteiger partial charge in [-0.25, -0.2) is 4.79 Å². The summed E-state index contributed by atoms with van der Waals surface area (Å²) < 4.78 is 28.4. The molecule has 0 bridgehead atoms. The molecular weight excluding hydrogens is 400 g/mol. The van der Waals surface area contributed by atoms with Gasteiger partial charge in [-0.15, -0.1) is 0 Å². The third-order valence-corrected chi connectivity index (χ3v) is 4.97. The summed E-state index contributed by atoms with van der Waals surface area (Å²) in [5.74, 6) is 0.829. The molecule has 0 fully saturated rings. The highest BCUT2D eigenvalue weighted by atomic mass is 16.6. The monoisotopic (exact) mass is 428 g/mol. The maximum absolute atomic E-state index is 13.0. The van der Waals surface area contributed by atoms with E-state index in [-0.39, 0.29) is 29.6 Å². The Bertz CT molecular complexity index is 994. The summed E-state index contributed by atoms with van der Waals surface area (Å²) >= 11 is 0. The highest BCUT2D eigenvalue weighted by Gasteiger charge is 2.31. The number of hydrogen-bond donors (Lipinski definition) is 0. The van der Waals surface area contributed by atoms with Crippen molar-refractivity contribution in [2.75, 3.05) is 14.2 Å². The summed E-state index contributed by atoms with van der Waals surface area (Å²) in [5, 5.41) is 0. The van der Waals surface area contributed by atoms with Crippen LogP contribution in [0.3, 0.4) is 0 Å². The number of carbonyl (C=O) groups is 2. The van der Waals surface area contributed by atoms with E-state index in [2.05, 4.69) is 0 Å². The van der Waals surface area contributed by atoms with Crippen LogP contribution in [0.2, 0.25) is 0 Å². The third kappa shape index (κ3) is 4.76. The van der Waals surface area contributed by atoms with Crippen molar-refractivity contribution in [3.8, 4) is 23.0 Å². The van der Waals surface area contributed by atoms with E-state index in [9.17, 15) is 9.59 Å². The minimum atomic E-state index is -0.578. The van der Waals surface area contributed by atoms with Crippen molar-refractivity contribution in [3.05, 3.63) is 46.5 Å². The minimum absolute atomic E-state index is 0.0262. The summed E-state index contributed by atoms with van der Waals surface area (Å²) in [6.45, 7) is 7.36. The lowest BCUT2D eigenvalue weighted by molar-refractivity contribution is -0.147. The van der Waals surface area contributed by atoms with Crippen LogP contribution in [0.4, 0.5) is 0 Å². The van der Waals surface area contributed by atoms with Crippen LogP contribution in [0.25, 0.3) is 0 Å². The maximum atomic E-state index is 13.0. The number of hydrogen-bond acceptors (Lipinski definition) is 7. The first kappa shape index (κ1) is 22.5. The van der Waals surface area contributed by atoms with Gasteiger partial charge in [-0.1, -0.05) is 13.8 Å². The molecule has 0 spiro atoms. The molecule has 7 nitrogen and oxygen atoms in total. The summed E-state index contributed by atoms with van der Waals surface area (Å²) in [7, 11) is 3.02. The predicted molar refractivity (Wildman–Crippen MR) is 114 cm³/mol. The molecule has 1 atom stereocenters. The van der Waals surface area contributed by atoms with E-state index in [1.165, 1.54) is 14.0 Å². The fraction of sp³-hybridized carbons (Fsp3) is 0.417. The first-order valence-electron chi connectivity index (χ1n) is 10.2. The number of carbonyl (C=O) groups excluding carboxylic acids is 2. The van der Waals surface area contributed by atoms with Crippen LogP contribution in [-0.4, -0.2) is 26.2 Å². The van der Waals surface area contributed by atoms with E-state index in [4.69, 9.17) is 23.7 Å². The van der Waals surface area contributed by atoms with Gasteiger partial charge in [0.25, 0.3) is 0 Å². The van der Waals surface area contributed by atoms with E-state index in [1.54, 1.807) is 19.2 Å². The van der Waals surface area contributed by atoms with Crippen LogP contribution in [0.15, 0.2) is 24.3 Å². The zero-order valence-corrected chi connectivity index (χ0v) is 18.7. The normalized spacial score (nSPS) is 13.7. The average molecular weight is 428 g/mol. The second-order valence-corrected chi connectivity index (χ2v) is 7.92. The molecule has 0 N–H and O–H groups in total. The quantitative estimate of drug-likeness (QED) is 0.590. The molecule has 1 aliphatic heterocycles. The SMILES string of the molecule is COc1cc(C)cc2c1Oc1ccc(C(CC(C)C)OC(C)=O)c(OC)c1C(=O)OC2.